The highest BCUT2D eigenvalue weighted by Gasteiger charge is 2.05. The Balaban J connectivity index is 2.50. The second-order valence-electron chi connectivity index (χ2n) is 3.47. The quantitative estimate of drug-likeness (QED) is 0.793. The maximum absolute atomic E-state index is 4.43. The molecule has 1 aromatic heterocycles. The van der Waals surface area contributed by atoms with Crippen LogP contribution in [0.15, 0.2) is 36.5 Å². The van der Waals surface area contributed by atoms with E-state index in [0.29, 0.717) is 0 Å². The maximum Gasteiger partial charge on any atom is 0.136 e. The number of aromatic nitrogens is 1. The van der Waals surface area contributed by atoms with Gasteiger partial charge in [0.15, 0.2) is 0 Å². The minimum absolute atomic E-state index is 0.953. The number of halogens is 1. The normalized spacial score (nSPS) is 10.5. The zero-order valence-electron chi connectivity index (χ0n) is 8.65. The first-order valence-corrected chi connectivity index (χ1v) is 6.06. The molecule has 0 N–H and O–H groups in total. The van der Waals surface area contributed by atoms with Gasteiger partial charge in [-0.1, -0.05) is 40.2 Å². The van der Waals surface area contributed by atoms with Crippen LogP contribution in [0.4, 0.5) is 5.82 Å². The van der Waals surface area contributed by atoms with Gasteiger partial charge in [0.1, 0.15) is 5.82 Å². The zero-order valence-corrected chi connectivity index (χ0v) is 10.2. The number of nitrogens with zero attached hydrogens (tertiary/aromatic N) is 2. The number of alkyl halides is 1. The van der Waals surface area contributed by atoms with Gasteiger partial charge < -0.3 is 4.90 Å². The van der Waals surface area contributed by atoms with Gasteiger partial charge in [-0.3, -0.25) is 0 Å². The molecule has 1 aromatic carbocycles. The van der Waals surface area contributed by atoms with Gasteiger partial charge in [-0.15, -0.1) is 0 Å². The van der Waals surface area contributed by atoms with E-state index < -0.39 is 0 Å². The van der Waals surface area contributed by atoms with Crippen LogP contribution >= 0.6 is 15.9 Å². The highest BCUT2D eigenvalue weighted by atomic mass is 79.9. The molecular weight excluding hydrogens is 252 g/mol. The van der Waals surface area contributed by atoms with Gasteiger partial charge in [0, 0.05) is 30.5 Å². The first kappa shape index (κ1) is 10.4. The molecule has 0 aliphatic carbocycles. The molecule has 0 aliphatic heterocycles. The van der Waals surface area contributed by atoms with E-state index in [0.717, 1.165) is 17.7 Å². The molecule has 0 amide bonds. The summed E-state index contributed by atoms with van der Waals surface area (Å²) in [6, 6.07) is 10.4. The van der Waals surface area contributed by atoms with Crippen molar-refractivity contribution in [1.82, 2.24) is 4.98 Å². The summed E-state index contributed by atoms with van der Waals surface area (Å²) in [7, 11) is 2.07. The monoisotopic (exact) mass is 264 g/mol. The Kier molecular flexibility index (Phi) is 3.21. The Morgan fingerprint density at radius 1 is 1.27 bits per heavy atom. The second kappa shape index (κ2) is 4.62. The maximum atomic E-state index is 4.43. The number of benzene rings is 1. The Morgan fingerprint density at radius 2 is 2.07 bits per heavy atom. The number of anilines is 1. The lowest BCUT2D eigenvalue weighted by atomic mass is 10.1. The molecule has 0 saturated heterocycles. The van der Waals surface area contributed by atoms with Crippen LogP contribution in [-0.4, -0.2) is 23.9 Å². The lowest BCUT2D eigenvalue weighted by Gasteiger charge is -2.18. The molecule has 3 heteroatoms. The number of pyridine rings is 1. The summed E-state index contributed by atoms with van der Waals surface area (Å²) in [5.41, 5.74) is 0. The van der Waals surface area contributed by atoms with Crippen LogP contribution in [0.25, 0.3) is 10.8 Å². The summed E-state index contributed by atoms with van der Waals surface area (Å²) in [5, 5.41) is 3.40. The van der Waals surface area contributed by atoms with Crippen LogP contribution in [0.2, 0.25) is 0 Å². The van der Waals surface area contributed by atoms with Crippen molar-refractivity contribution < 1.29 is 0 Å². The average molecular weight is 265 g/mol. The molecule has 0 fully saturated rings. The van der Waals surface area contributed by atoms with Crippen LogP contribution in [0.1, 0.15) is 0 Å². The molecule has 0 bridgehead atoms. The number of rotatable bonds is 3. The SMILES string of the molecule is CN(CCBr)c1nccc2ccccc12. The molecule has 0 aliphatic rings. The van der Waals surface area contributed by atoms with E-state index in [4.69, 9.17) is 0 Å². The number of hydrogen-bond acceptors (Lipinski definition) is 2. The van der Waals surface area contributed by atoms with Crippen molar-refractivity contribution in [3.63, 3.8) is 0 Å². The van der Waals surface area contributed by atoms with Crippen molar-refractivity contribution >= 4 is 32.5 Å². The Labute approximate surface area is 98.1 Å². The Morgan fingerprint density at radius 3 is 2.87 bits per heavy atom. The molecule has 2 nitrogen and oxygen atoms in total. The third-order valence-electron chi connectivity index (χ3n) is 2.43. The smallest absolute Gasteiger partial charge is 0.136 e. The Bertz CT molecular complexity index is 451. The molecule has 78 valence electrons. The zero-order chi connectivity index (χ0) is 10.7. The second-order valence-corrected chi connectivity index (χ2v) is 4.26. The first-order valence-electron chi connectivity index (χ1n) is 4.94. The van der Waals surface area contributed by atoms with E-state index in [1.807, 2.05) is 12.3 Å². The van der Waals surface area contributed by atoms with Crippen LogP contribution in [0.3, 0.4) is 0 Å². The molecule has 0 atom stereocenters. The van der Waals surface area contributed by atoms with Crippen molar-refractivity contribution in [3.8, 4) is 0 Å². The van der Waals surface area contributed by atoms with E-state index in [1.54, 1.807) is 0 Å². The summed E-state index contributed by atoms with van der Waals surface area (Å²) in [6.45, 7) is 0.959. The van der Waals surface area contributed by atoms with Gasteiger partial charge in [-0.05, 0) is 11.5 Å². The Hall–Kier alpha value is -1.09. The van der Waals surface area contributed by atoms with E-state index >= 15 is 0 Å². The highest BCUT2D eigenvalue weighted by Crippen LogP contribution is 2.22. The first-order chi connectivity index (χ1) is 7.33. The fraction of sp³-hybridized carbons (Fsp3) is 0.250. The van der Waals surface area contributed by atoms with E-state index in [2.05, 4.69) is 57.1 Å². The van der Waals surface area contributed by atoms with Gasteiger partial charge in [-0.2, -0.15) is 0 Å². The average Bonchev–Trinajstić information content (AvgIpc) is 2.28. The minimum Gasteiger partial charge on any atom is -0.358 e. The third-order valence-corrected chi connectivity index (χ3v) is 2.79. The fourth-order valence-electron chi connectivity index (χ4n) is 1.64. The van der Waals surface area contributed by atoms with Crippen molar-refractivity contribution in [1.29, 1.82) is 0 Å². The highest BCUT2D eigenvalue weighted by molar-refractivity contribution is 9.09. The van der Waals surface area contributed by atoms with Crippen LogP contribution in [0.5, 0.6) is 0 Å². The van der Waals surface area contributed by atoms with Crippen LogP contribution in [-0.2, 0) is 0 Å². The lowest BCUT2D eigenvalue weighted by Crippen LogP contribution is -2.20. The molecule has 2 aromatic rings. The van der Waals surface area contributed by atoms with Gasteiger partial charge in [0.25, 0.3) is 0 Å². The number of hydrogen-bond donors (Lipinski definition) is 0. The molecule has 15 heavy (non-hydrogen) atoms. The van der Waals surface area contributed by atoms with Crippen molar-refractivity contribution in [2.24, 2.45) is 0 Å². The molecule has 0 spiro atoms. The number of fused-ring (bicyclic) bond motifs is 1. The van der Waals surface area contributed by atoms with Gasteiger partial charge in [-0.25, -0.2) is 4.98 Å². The molecule has 0 unspecified atom stereocenters. The van der Waals surface area contributed by atoms with Gasteiger partial charge in [0.2, 0.25) is 0 Å². The standard InChI is InChI=1S/C12H13BrN2/c1-15(9-7-13)12-11-5-3-2-4-10(11)6-8-14-12/h2-6,8H,7,9H2,1H3. The van der Waals surface area contributed by atoms with Crippen molar-refractivity contribution in [2.45, 2.75) is 0 Å². The molecule has 0 radical (unpaired) electrons. The molecule has 2 rings (SSSR count). The van der Waals surface area contributed by atoms with Crippen LogP contribution < -0.4 is 4.90 Å². The van der Waals surface area contributed by atoms with E-state index in [9.17, 15) is 0 Å². The summed E-state index contributed by atoms with van der Waals surface area (Å²) in [4.78, 5) is 6.59. The molecule has 1 heterocycles. The molecule has 0 saturated carbocycles. The summed E-state index contributed by atoms with van der Waals surface area (Å²) in [6.07, 6.45) is 1.86. The summed E-state index contributed by atoms with van der Waals surface area (Å²) in [5.74, 6) is 1.05. The van der Waals surface area contributed by atoms with E-state index in [1.165, 1.54) is 10.8 Å². The summed E-state index contributed by atoms with van der Waals surface area (Å²) >= 11 is 3.44. The van der Waals surface area contributed by atoms with Crippen molar-refractivity contribution in [3.05, 3.63) is 36.5 Å². The third kappa shape index (κ3) is 2.12. The predicted octanol–water partition coefficient (Wildman–Crippen LogP) is 3.07. The fourth-order valence-corrected chi connectivity index (χ4v) is 2.17. The van der Waals surface area contributed by atoms with Crippen molar-refractivity contribution in [2.75, 3.05) is 23.8 Å². The van der Waals surface area contributed by atoms with Gasteiger partial charge in [0.05, 0.1) is 0 Å². The van der Waals surface area contributed by atoms with E-state index in [-0.39, 0.29) is 0 Å². The summed E-state index contributed by atoms with van der Waals surface area (Å²) < 4.78 is 0. The topological polar surface area (TPSA) is 16.1 Å². The lowest BCUT2D eigenvalue weighted by molar-refractivity contribution is 0.959. The van der Waals surface area contributed by atoms with Crippen LogP contribution in [0, 0.1) is 0 Å². The minimum atomic E-state index is 0.953. The molecular formula is C12H13BrN2. The van der Waals surface area contributed by atoms with Gasteiger partial charge >= 0.3 is 0 Å². The largest absolute Gasteiger partial charge is 0.358 e. The predicted molar refractivity (Wildman–Crippen MR) is 68.8 cm³/mol.